The van der Waals surface area contributed by atoms with Gasteiger partial charge in [-0.25, -0.2) is 0 Å². The SMILES string of the molecule is CC(O)NC(C(=O)O)C(C)O. The Kier molecular flexibility index (Phi) is 4.02. The number of aliphatic hydroxyl groups is 2. The van der Waals surface area contributed by atoms with Gasteiger partial charge in [-0.2, -0.15) is 0 Å². The van der Waals surface area contributed by atoms with Crippen LogP contribution in [0.2, 0.25) is 0 Å². The number of aliphatic carboxylic acids is 1. The van der Waals surface area contributed by atoms with E-state index in [0.717, 1.165) is 0 Å². The fourth-order valence-electron chi connectivity index (χ4n) is 0.677. The van der Waals surface area contributed by atoms with Gasteiger partial charge in [0.25, 0.3) is 0 Å². The van der Waals surface area contributed by atoms with Crippen molar-refractivity contribution in [3.05, 3.63) is 0 Å². The summed E-state index contributed by atoms with van der Waals surface area (Å²) in [6.07, 6.45) is -1.97. The van der Waals surface area contributed by atoms with Crippen molar-refractivity contribution < 1.29 is 20.1 Å². The minimum Gasteiger partial charge on any atom is -0.480 e. The van der Waals surface area contributed by atoms with Gasteiger partial charge in [0.1, 0.15) is 12.3 Å². The summed E-state index contributed by atoms with van der Waals surface area (Å²) < 4.78 is 0. The summed E-state index contributed by atoms with van der Waals surface area (Å²) in [6.45, 7) is 2.73. The lowest BCUT2D eigenvalue weighted by molar-refractivity contribution is -0.143. The molecule has 0 fully saturated rings. The van der Waals surface area contributed by atoms with Gasteiger partial charge in [0, 0.05) is 0 Å². The third-order valence-electron chi connectivity index (χ3n) is 1.17. The highest BCUT2D eigenvalue weighted by Crippen LogP contribution is 1.93. The van der Waals surface area contributed by atoms with E-state index in [4.69, 9.17) is 15.3 Å². The second-order valence-electron chi connectivity index (χ2n) is 2.40. The first-order valence-corrected chi connectivity index (χ1v) is 3.30. The molecule has 11 heavy (non-hydrogen) atoms. The van der Waals surface area contributed by atoms with Gasteiger partial charge in [-0.3, -0.25) is 10.1 Å². The van der Waals surface area contributed by atoms with Crippen molar-refractivity contribution in [3.63, 3.8) is 0 Å². The molecule has 0 heterocycles. The highest BCUT2D eigenvalue weighted by atomic mass is 16.4. The summed E-state index contributed by atoms with van der Waals surface area (Å²) in [5.74, 6) is -1.18. The molecule has 0 aromatic carbocycles. The largest absolute Gasteiger partial charge is 0.480 e. The van der Waals surface area contributed by atoms with E-state index in [1.807, 2.05) is 0 Å². The Morgan fingerprint density at radius 1 is 1.36 bits per heavy atom. The number of nitrogens with one attached hydrogen (secondary N) is 1. The topological polar surface area (TPSA) is 89.8 Å². The number of rotatable bonds is 4. The lowest BCUT2D eigenvalue weighted by atomic mass is 10.2. The minimum absolute atomic E-state index is 0.939. The van der Waals surface area contributed by atoms with Crippen molar-refractivity contribution in [1.82, 2.24) is 5.32 Å². The Bertz CT molecular complexity index is 135. The molecule has 5 nitrogen and oxygen atoms in total. The first-order valence-electron chi connectivity index (χ1n) is 3.30. The zero-order chi connectivity index (χ0) is 9.02. The molecule has 0 aliphatic rings. The fraction of sp³-hybridized carbons (Fsp3) is 0.833. The van der Waals surface area contributed by atoms with Gasteiger partial charge >= 0.3 is 5.97 Å². The average Bonchev–Trinajstić information content (AvgIpc) is 1.81. The summed E-state index contributed by atoms with van der Waals surface area (Å²) in [7, 11) is 0. The van der Waals surface area contributed by atoms with Crippen LogP contribution in [0.4, 0.5) is 0 Å². The van der Waals surface area contributed by atoms with Crippen LogP contribution in [0.5, 0.6) is 0 Å². The van der Waals surface area contributed by atoms with Crippen LogP contribution in [-0.2, 0) is 4.79 Å². The number of aliphatic hydroxyl groups excluding tert-OH is 2. The van der Waals surface area contributed by atoms with Crippen molar-refractivity contribution in [3.8, 4) is 0 Å². The van der Waals surface area contributed by atoms with Crippen molar-refractivity contribution >= 4 is 5.97 Å². The van der Waals surface area contributed by atoms with Crippen LogP contribution < -0.4 is 5.32 Å². The zero-order valence-corrected chi connectivity index (χ0v) is 6.48. The zero-order valence-electron chi connectivity index (χ0n) is 6.48. The summed E-state index contributed by atoms with van der Waals surface area (Å²) in [4.78, 5) is 10.3. The molecule has 3 unspecified atom stereocenters. The molecule has 0 radical (unpaired) electrons. The van der Waals surface area contributed by atoms with Gasteiger partial charge in [-0.1, -0.05) is 0 Å². The highest BCUT2D eigenvalue weighted by molar-refractivity contribution is 5.74. The van der Waals surface area contributed by atoms with Crippen LogP contribution in [0, 0.1) is 0 Å². The molecule has 0 bridgehead atoms. The first kappa shape index (κ1) is 10.3. The van der Waals surface area contributed by atoms with Crippen LogP contribution in [-0.4, -0.2) is 39.7 Å². The predicted octanol–water partition coefficient (Wildman–Crippen LogP) is -1.25. The van der Waals surface area contributed by atoms with E-state index >= 15 is 0 Å². The third-order valence-corrected chi connectivity index (χ3v) is 1.17. The Balaban J connectivity index is 4.01. The van der Waals surface area contributed by atoms with Crippen molar-refractivity contribution in [1.29, 1.82) is 0 Å². The fourth-order valence-corrected chi connectivity index (χ4v) is 0.677. The van der Waals surface area contributed by atoms with Crippen molar-refractivity contribution in [2.75, 3.05) is 0 Å². The Labute approximate surface area is 64.7 Å². The van der Waals surface area contributed by atoms with Gasteiger partial charge in [-0.05, 0) is 13.8 Å². The van der Waals surface area contributed by atoms with Crippen LogP contribution >= 0.6 is 0 Å². The second kappa shape index (κ2) is 4.27. The van der Waals surface area contributed by atoms with Gasteiger partial charge in [-0.15, -0.1) is 0 Å². The number of hydrogen-bond donors (Lipinski definition) is 4. The van der Waals surface area contributed by atoms with E-state index < -0.39 is 24.3 Å². The number of carboxylic acid groups (broad SMARTS) is 1. The molecule has 5 heteroatoms. The molecule has 0 spiro atoms. The second-order valence-corrected chi connectivity index (χ2v) is 2.40. The quantitative estimate of drug-likeness (QED) is 0.389. The molecule has 0 amide bonds. The molecular weight excluding hydrogens is 150 g/mol. The van der Waals surface area contributed by atoms with Crippen LogP contribution in [0.15, 0.2) is 0 Å². The molecule has 4 N–H and O–H groups in total. The maximum Gasteiger partial charge on any atom is 0.323 e. The number of carbonyl (C=O) groups is 1. The van der Waals surface area contributed by atoms with E-state index in [1.165, 1.54) is 13.8 Å². The van der Waals surface area contributed by atoms with Gasteiger partial charge < -0.3 is 15.3 Å². The number of hydrogen-bond acceptors (Lipinski definition) is 4. The molecule has 0 saturated carbocycles. The molecule has 3 atom stereocenters. The first-order chi connectivity index (χ1) is 4.95. The molecule has 0 aliphatic heterocycles. The molecule has 0 saturated heterocycles. The standard InChI is InChI=1S/C6H13NO4/c1-3(8)5(6(10)11)7-4(2)9/h3-5,7-9H,1-2H3,(H,10,11). The number of carboxylic acids is 1. The summed E-state index contributed by atoms with van der Waals surface area (Å²) in [6, 6.07) is -1.12. The summed E-state index contributed by atoms with van der Waals surface area (Å²) >= 11 is 0. The van der Waals surface area contributed by atoms with Gasteiger partial charge in [0.15, 0.2) is 0 Å². The minimum atomic E-state index is -1.18. The van der Waals surface area contributed by atoms with Crippen LogP contribution in [0.3, 0.4) is 0 Å². The molecule has 0 aromatic heterocycles. The molecule has 0 rings (SSSR count). The van der Waals surface area contributed by atoms with Gasteiger partial charge in [0.05, 0.1) is 6.10 Å². The summed E-state index contributed by atoms with van der Waals surface area (Å²) in [5, 5.41) is 28.4. The predicted molar refractivity (Wildman–Crippen MR) is 37.9 cm³/mol. The monoisotopic (exact) mass is 163 g/mol. The smallest absolute Gasteiger partial charge is 0.323 e. The van der Waals surface area contributed by atoms with Gasteiger partial charge in [0.2, 0.25) is 0 Å². The lowest BCUT2D eigenvalue weighted by Crippen LogP contribution is -2.48. The average molecular weight is 163 g/mol. The highest BCUT2D eigenvalue weighted by Gasteiger charge is 2.23. The van der Waals surface area contributed by atoms with E-state index in [0.29, 0.717) is 0 Å². The Morgan fingerprint density at radius 3 is 1.91 bits per heavy atom. The van der Waals surface area contributed by atoms with E-state index in [-0.39, 0.29) is 0 Å². The van der Waals surface area contributed by atoms with Crippen molar-refractivity contribution in [2.45, 2.75) is 32.2 Å². The molecule has 0 aromatic rings. The maximum atomic E-state index is 10.3. The Morgan fingerprint density at radius 2 is 1.82 bits per heavy atom. The van der Waals surface area contributed by atoms with E-state index in [2.05, 4.69) is 5.32 Å². The maximum absolute atomic E-state index is 10.3. The molecule has 0 aliphatic carbocycles. The lowest BCUT2D eigenvalue weighted by Gasteiger charge is -2.18. The summed E-state index contributed by atoms with van der Waals surface area (Å²) in [5.41, 5.74) is 0. The Hall–Kier alpha value is -0.650. The normalized spacial score (nSPS) is 18.9. The molecular formula is C6H13NO4. The third kappa shape index (κ3) is 3.92. The van der Waals surface area contributed by atoms with E-state index in [1.54, 1.807) is 0 Å². The van der Waals surface area contributed by atoms with E-state index in [9.17, 15) is 4.79 Å². The van der Waals surface area contributed by atoms with Crippen LogP contribution in [0.25, 0.3) is 0 Å². The van der Waals surface area contributed by atoms with Crippen molar-refractivity contribution in [2.24, 2.45) is 0 Å². The van der Waals surface area contributed by atoms with Crippen LogP contribution in [0.1, 0.15) is 13.8 Å². The molecule has 66 valence electrons.